The monoisotopic (exact) mass is 330 g/mol. The van der Waals surface area contributed by atoms with Gasteiger partial charge < -0.3 is 10.0 Å². The van der Waals surface area contributed by atoms with E-state index in [0.29, 0.717) is 11.1 Å². The fourth-order valence-electron chi connectivity index (χ4n) is 2.69. The molecular formula is C17H15ClN2O3. The van der Waals surface area contributed by atoms with Crippen molar-refractivity contribution < 1.29 is 14.7 Å². The third-order valence-electron chi connectivity index (χ3n) is 3.91. The minimum atomic E-state index is -1.13. The molecule has 23 heavy (non-hydrogen) atoms. The van der Waals surface area contributed by atoms with Gasteiger partial charge in [0.05, 0.1) is 5.56 Å². The van der Waals surface area contributed by atoms with Gasteiger partial charge in [-0.05, 0) is 36.6 Å². The molecule has 0 atom stereocenters. The van der Waals surface area contributed by atoms with Gasteiger partial charge in [0.15, 0.2) is 0 Å². The maximum absolute atomic E-state index is 12.5. The highest BCUT2D eigenvalue weighted by atomic mass is 35.5. The predicted molar refractivity (Wildman–Crippen MR) is 86.8 cm³/mol. The molecule has 5 nitrogen and oxygen atoms in total. The molecule has 1 amide bonds. The van der Waals surface area contributed by atoms with Crippen molar-refractivity contribution in [3.8, 4) is 11.1 Å². The molecule has 118 valence electrons. The summed E-state index contributed by atoms with van der Waals surface area (Å²) in [6, 6.07) is 8.60. The van der Waals surface area contributed by atoms with E-state index in [1.165, 1.54) is 12.3 Å². The molecule has 1 aromatic heterocycles. The molecule has 2 heterocycles. The second-order valence-corrected chi connectivity index (χ2v) is 5.81. The smallest absolute Gasteiger partial charge is 0.338 e. The van der Waals surface area contributed by atoms with Gasteiger partial charge in [0.25, 0.3) is 5.91 Å². The average Bonchev–Trinajstić information content (AvgIpc) is 3.09. The van der Waals surface area contributed by atoms with Gasteiger partial charge in [-0.2, -0.15) is 0 Å². The summed E-state index contributed by atoms with van der Waals surface area (Å²) in [5.41, 5.74) is 1.89. The Bertz CT molecular complexity index is 770. The molecule has 0 spiro atoms. The van der Waals surface area contributed by atoms with Crippen molar-refractivity contribution in [3.63, 3.8) is 0 Å². The Morgan fingerprint density at radius 2 is 1.87 bits per heavy atom. The van der Waals surface area contributed by atoms with Gasteiger partial charge >= 0.3 is 5.97 Å². The number of rotatable bonds is 3. The quantitative estimate of drug-likeness (QED) is 0.876. The Morgan fingerprint density at radius 1 is 1.13 bits per heavy atom. The Labute approximate surface area is 138 Å². The molecule has 0 radical (unpaired) electrons. The average molecular weight is 331 g/mol. The first-order valence-corrected chi connectivity index (χ1v) is 7.72. The number of benzene rings is 1. The van der Waals surface area contributed by atoms with Crippen molar-refractivity contribution >= 4 is 23.5 Å². The maximum Gasteiger partial charge on any atom is 0.338 e. The number of nitrogens with zero attached hydrogens (tertiary/aromatic N) is 2. The fraction of sp³-hybridized carbons (Fsp3) is 0.235. The summed E-state index contributed by atoms with van der Waals surface area (Å²) in [7, 11) is 0. The van der Waals surface area contributed by atoms with E-state index in [4.69, 9.17) is 16.7 Å². The molecule has 0 bridgehead atoms. The van der Waals surface area contributed by atoms with Gasteiger partial charge in [0.2, 0.25) is 0 Å². The second kappa shape index (κ2) is 6.38. The Hall–Kier alpha value is -2.40. The van der Waals surface area contributed by atoms with Crippen LogP contribution in [0.5, 0.6) is 0 Å². The second-order valence-electron chi connectivity index (χ2n) is 5.45. The molecule has 1 aliphatic rings. The molecular weight excluding hydrogens is 316 g/mol. The van der Waals surface area contributed by atoms with E-state index < -0.39 is 5.97 Å². The van der Waals surface area contributed by atoms with E-state index in [2.05, 4.69) is 4.98 Å². The lowest BCUT2D eigenvalue weighted by atomic mass is 10.0. The highest BCUT2D eigenvalue weighted by Crippen LogP contribution is 2.25. The first kappa shape index (κ1) is 15.5. The molecule has 0 saturated carbocycles. The van der Waals surface area contributed by atoms with Crippen LogP contribution in [0, 0.1) is 0 Å². The molecule has 2 aromatic rings. The number of amides is 1. The van der Waals surface area contributed by atoms with Gasteiger partial charge in [-0.1, -0.05) is 23.7 Å². The number of aromatic nitrogens is 1. The van der Waals surface area contributed by atoms with E-state index in [0.717, 1.165) is 31.5 Å². The summed E-state index contributed by atoms with van der Waals surface area (Å²) in [5.74, 6) is -1.13. The molecule has 1 saturated heterocycles. The lowest BCUT2D eigenvalue weighted by Gasteiger charge is -2.15. The molecule has 1 aliphatic heterocycles. The number of carbonyl (C=O) groups excluding carboxylic acids is 1. The third-order valence-corrected chi connectivity index (χ3v) is 4.21. The standard InChI is InChI=1S/C17H15ClN2O3/c18-15-14(17(22)23)9-13(10-19-15)11-4-3-5-12(8-11)16(21)20-6-1-2-7-20/h3-5,8-10H,1-2,6-7H2,(H,22,23). The molecule has 0 unspecified atom stereocenters. The van der Waals surface area contributed by atoms with Gasteiger partial charge in [0, 0.05) is 30.4 Å². The van der Waals surface area contributed by atoms with E-state index in [9.17, 15) is 9.59 Å². The number of hydrogen-bond acceptors (Lipinski definition) is 3. The van der Waals surface area contributed by atoms with Crippen LogP contribution in [-0.2, 0) is 0 Å². The predicted octanol–water partition coefficient (Wildman–Crippen LogP) is 3.34. The van der Waals surface area contributed by atoms with Crippen LogP contribution in [0.1, 0.15) is 33.6 Å². The molecule has 1 N–H and O–H groups in total. The number of carboxylic acid groups (broad SMARTS) is 1. The van der Waals surface area contributed by atoms with Crippen LogP contribution < -0.4 is 0 Å². The Balaban J connectivity index is 1.95. The summed E-state index contributed by atoms with van der Waals surface area (Å²) < 4.78 is 0. The lowest BCUT2D eigenvalue weighted by molar-refractivity contribution is 0.0696. The van der Waals surface area contributed by atoms with Crippen molar-refractivity contribution in [1.82, 2.24) is 9.88 Å². The Kier molecular flexibility index (Phi) is 4.30. The number of aromatic carboxylic acids is 1. The summed E-state index contributed by atoms with van der Waals surface area (Å²) in [6.45, 7) is 1.57. The van der Waals surface area contributed by atoms with Crippen LogP contribution >= 0.6 is 11.6 Å². The van der Waals surface area contributed by atoms with Crippen molar-refractivity contribution in [3.05, 3.63) is 52.8 Å². The van der Waals surface area contributed by atoms with Crippen LogP contribution in [0.25, 0.3) is 11.1 Å². The van der Waals surface area contributed by atoms with Gasteiger partial charge in [-0.3, -0.25) is 4.79 Å². The zero-order valence-corrected chi connectivity index (χ0v) is 13.1. The summed E-state index contributed by atoms with van der Waals surface area (Å²) in [4.78, 5) is 29.4. The number of carbonyl (C=O) groups is 2. The molecule has 3 rings (SSSR count). The molecule has 6 heteroatoms. The van der Waals surface area contributed by atoms with Crippen LogP contribution in [0.3, 0.4) is 0 Å². The summed E-state index contributed by atoms with van der Waals surface area (Å²) in [5, 5.41) is 9.09. The summed E-state index contributed by atoms with van der Waals surface area (Å²) >= 11 is 5.79. The van der Waals surface area contributed by atoms with Gasteiger partial charge in [0.1, 0.15) is 5.15 Å². The molecule has 1 aromatic carbocycles. The molecule has 1 fully saturated rings. The van der Waals surface area contributed by atoms with Crippen LogP contribution in [0.4, 0.5) is 0 Å². The van der Waals surface area contributed by atoms with E-state index in [-0.39, 0.29) is 16.6 Å². The number of likely N-dealkylation sites (tertiary alicyclic amines) is 1. The van der Waals surface area contributed by atoms with Crippen molar-refractivity contribution in [2.75, 3.05) is 13.1 Å². The Morgan fingerprint density at radius 3 is 2.57 bits per heavy atom. The third kappa shape index (κ3) is 3.19. The first-order valence-electron chi connectivity index (χ1n) is 7.35. The maximum atomic E-state index is 12.5. The minimum absolute atomic E-state index is 0.00438. The highest BCUT2D eigenvalue weighted by Gasteiger charge is 2.20. The van der Waals surface area contributed by atoms with E-state index in [1.807, 2.05) is 11.0 Å². The van der Waals surface area contributed by atoms with Crippen LogP contribution in [0.2, 0.25) is 5.15 Å². The van der Waals surface area contributed by atoms with Crippen LogP contribution in [-0.4, -0.2) is 40.0 Å². The first-order chi connectivity index (χ1) is 11.1. The van der Waals surface area contributed by atoms with Crippen molar-refractivity contribution in [2.24, 2.45) is 0 Å². The normalized spacial score (nSPS) is 14.0. The van der Waals surface area contributed by atoms with Crippen molar-refractivity contribution in [1.29, 1.82) is 0 Å². The number of pyridine rings is 1. The zero-order valence-electron chi connectivity index (χ0n) is 12.3. The number of carboxylic acids is 1. The van der Waals surface area contributed by atoms with Crippen LogP contribution in [0.15, 0.2) is 36.5 Å². The largest absolute Gasteiger partial charge is 0.478 e. The van der Waals surface area contributed by atoms with E-state index in [1.54, 1.807) is 18.2 Å². The zero-order chi connectivity index (χ0) is 16.4. The SMILES string of the molecule is O=C(O)c1cc(-c2cccc(C(=O)N3CCCC3)c2)cnc1Cl. The minimum Gasteiger partial charge on any atom is -0.478 e. The number of halogens is 1. The van der Waals surface area contributed by atoms with E-state index >= 15 is 0 Å². The number of hydrogen-bond donors (Lipinski definition) is 1. The van der Waals surface area contributed by atoms with Gasteiger partial charge in [-0.15, -0.1) is 0 Å². The summed E-state index contributed by atoms with van der Waals surface area (Å²) in [6.07, 6.45) is 3.58. The van der Waals surface area contributed by atoms with Gasteiger partial charge in [-0.25, -0.2) is 9.78 Å². The fourth-order valence-corrected chi connectivity index (χ4v) is 2.87. The highest BCUT2D eigenvalue weighted by molar-refractivity contribution is 6.32. The van der Waals surface area contributed by atoms with Crippen molar-refractivity contribution in [2.45, 2.75) is 12.8 Å². The molecule has 0 aliphatic carbocycles. The topological polar surface area (TPSA) is 70.5 Å². The lowest BCUT2D eigenvalue weighted by Crippen LogP contribution is -2.27.